The van der Waals surface area contributed by atoms with Crippen molar-refractivity contribution < 1.29 is 44.7 Å². The molecular formula is C23H42N2O9. The summed E-state index contributed by atoms with van der Waals surface area (Å²) in [6.45, 7) is 4.06. The van der Waals surface area contributed by atoms with Crippen LogP contribution in [0.2, 0.25) is 0 Å². The number of nitrogens with two attached hydrogens (primary N) is 1. The molecule has 1 fully saturated rings. The molecule has 8 atom stereocenters. The van der Waals surface area contributed by atoms with Crippen molar-refractivity contribution in [3.63, 3.8) is 0 Å². The predicted molar refractivity (Wildman–Crippen MR) is 122 cm³/mol. The van der Waals surface area contributed by atoms with Gasteiger partial charge in [0, 0.05) is 18.8 Å². The van der Waals surface area contributed by atoms with E-state index in [2.05, 4.69) is 5.32 Å². The molecule has 1 heterocycles. The van der Waals surface area contributed by atoms with Gasteiger partial charge < -0.3 is 41.3 Å². The van der Waals surface area contributed by atoms with Gasteiger partial charge in [-0.05, 0) is 26.7 Å². The van der Waals surface area contributed by atoms with E-state index in [1.54, 1.807) is 13.8 Å². The Morgan fingerprint density at radius 1 is 1.03 bits per heavy atom. The number of amides is 1. The van der Waals surface area contributed by atoms with Gasteiger partial charge in [-0.1, -0.05) is 32.6 Å². The average molecular weight is 491 g/mol. The third-order valence-corrected chi connectivity index (χ3v) is 6.48. The van der Waals surface area contributed by atoms with Crippen LogP contribution in [0.4, 0.5) is 0 Å². The van der Waals surface area contributed by atoms with E-state index in [9.17, 15) is 39.9 Å². The molecule has 0 aromatic rings. The molecule has 0 saturated carbocycles. The number of ether oxygens (including phenoxy) is 1. The van der Waals surface area contributed by atoms with E-state index < -0.39 is 54.8 Å². The van der Waals surface area contributed by atoms with Gasteiger partial charge in [0.25, 0.3) is 0 Å². The van der Waals surface area contributed by atoms with Crippen LogP contribution in [0.15, 0.2) is 0 Å². The van der Waals surface area contributed by atoms with Crippen molar-refractivity contribution in [2.45, 2.75) is 114 Å². The highest BCUT2D eigenvalue weighted by Gasteiger charge is 2.51. The Balaban J connectivity index is 2.27. The number of rotatable bonds is 15. The Morgan fingerprint density at radius 2 is 1.62 bits per heavy atom. The second kappa shape index (κ2) is 14.2. The summed E-state index contributed by atoms with van der Waals surface area (Å²) in [5.74, 6) is -3.15. The van der Waals surface area contributed by atoms with Gasteiger partial charge >= 0.3 is 0 Å². The van der Waals surface area contributed by atoms with Gasteiger partial charge in [0.05, 0.1) is 18.7 Å². The molecule has 11 heteroatoms. The first kappa shape index (κ1) is 30.6. The van der Waals surface area contributed by atoms with E-state index in [-0.39, 0.29) is 30.3 Å². The quantitative estimate of drug-likeness (QED) is 0.138. The minimum atomic E-state index is -2.05. The summed E-state index contributed by atoms with van der Waals surface area (Å²) in [4.78, 5) is 35.6. The number of ketones is 2. The first-order valence-corrected chi connectivity index (χ1v) is 12.0. The summed E-state index contributed by atoms with van der Waals surface area (Å²) in [6.07, 6.45) is -2.10. The summed E-state index contributed by atoms with van der Waals surface area (Å²) in [5.41, 5.74) is 5.92. The number of aliphatic hydroxyl groups excluding tert-OH is 4. The molecule has 198 valence electrons. The zero-order valence-electron chi connectivity index (χ0n) is 20.4. The summed E-state index contributed by atoms with van der Waals surface area (Å²) < 4.78 is 5.23. The molecule has 1 rings (SSSR count). The normalized spacial score (nSPS) is 29.8. The first-order valence-electron chi connectivity index (χ1n) is 12.0. The summed E-state index contributed by atoms with van der Waals surface area (Å²) >= 11 is 0. The van der Waals surface area contributed by atoms with Crippen molar-refractivity contribution in [2.75, 3.05) is 6.61 Å². The lowest BCUT2D eigenvalue weighted by atomic mass is 9.89. The Bertz CT molecular complexity index is 675. The maximum Gasteiger partial charge on any atom is 0.237 e. The van der Waals surface area contributed by atoms with Gasteiger partial charge in [-0.2, -0.15) is 0 Å². The van der Waals surface area contributed by atoms with E-state index >= 15 is 0 Å². The second-order valence-electron chi connectivity index (χ2n) is 9.44. The van der Waals surface area contributed by atoms with Gasteiger partial charge in [0.15, 0.2) is 11.6 Å². The fourth-order valence-corrected chi connectivity index (χ4v) is 3.85. The van der Waals surface area contributed by atoms with Crippen molar-refractivity contribution in [1.29, 1.82) is 0 Å². The predicted octanol–water partition coefficient (Wildman–Crippen LogP) is -1.10. The topological polar surface area (TPSA) is 200 Å². The Kier molecular flexibility index (Phi) is 12.7. The second-order valence-corrected chi connectivity index (χ2v) is 9.44. The molecular weight excluding hydrogens is 448 g/mol. The van der Waals surface area contributed by atoms with E-state index in [1.165, 1.54) is 6.92 Å². The first-order chi connectivity index (χ1) is 15.8. The molecule has 0 aromatic heterocycles. The highest BCUT2D eigenvalue weighted by atomic mass is 16.7. The molecule has 8 N–H and O–H groups in total. The van der Waals surface area contributed by atoms with Crippen molar-refractivity contribution in [2.24, 2.45) is 11.7 Å². The lowest BCUT2D eigenvalue weighted by molar-refractivity contribution is -0.351. The SMILES string of the molecule is CC(=O)[C@H](C)CC(=O)[C@H](C)NC(=O)[C@@H](N)CCCCCCC[C@]1(O)O[C@H](CO)[C@H](O)[C@H](O)[C@H]1O. The van der Waals surface area contributed by atoms with E-state index in [0.29, 0.717) is 25.7 Å². The molecule has 0 unspecified atom stereocenters. The zero-order valence-corrected chi connectivity index (χ0v) is 20.4. The lowest BCUT2D eigenvalue weighted by Gasteiger charge is -2.45. The number of carbonyl (C=O) groups excluding carboxylic acids is 3. The fraction of sp³-hybridized carbons (Fsp3) is 0.870. The van der Waals surface area contributed by atoms with Crippen LogP contribution in [0.3, 0.4) is 0 Å². The smallest absolute Gasteiger partial charge is 0.237 e. The highest BCUT2D eigenvalue weighted by Crippen LogP contribution is 2.32. The lowest BCUT2D eigenvalue weighted by Crippen LogP contribution is -2.65. The number of unbranched alkanes of at least 4 members (excludes halogenated alkanes) is 4. The zero-order chi connectivity index (χ0) is 26.1. The van der Waals surface area contributed by atoms with Gasteiger partial charge in [0.1, 0.15) is 30.2 Å². The fourth-order valence-electron chi connectivity index (χ4n) is 3.85. The van der Waals surface area contributed by atoms with Crippen molar-refractivity contribution in [3.8, 4) is 0 Å². The average Bonchev–Trinajstić information content (AvgIpc) is 2.79. The van der Waals surface area contributed by atoms with Crippen molar-refractivity contribution in [1.82, 2.24) is 5.32 Å². The third-order valence-electron chi connectivity index (χ3n) is 6.48. The molecule has 1 aliphatic heterocycles. The molecule has 1 saturated heterocycles. The number of aliphatic hydroxyl groups is 5. The van der Waals surface area contributed by atoms with Crippen LogP contribution in [0.1, 0.15) is 72.1 Å². The minimum Gasteiger partial charge on any atom is -0.394 e. The van der Waals surface area contributed by atoms with Crippen molar-refractivity contribution >= 4 is 17.5 Å². The summed E-state index contributed by atoms with van der Waals surface area (Å²) in [5, 5.41) is 52.0. The molecule has 1 aliphatic rings. The van der Waals surface area contributed by atoms with Gasteiger partial charge in [-0.25, -0.2) is 0 Å². The number of Topliss-reactive ketones (excluding diaryl/α,β-unsaturated/α-hetero) is 2. The van der Waals surface area contributed by atoms with Crippen LogP contribution in [0.25, 0.3) is 0 Å². The number of nitrogens with one attached hydrogen (secondary N) is 1. The summed E-state index contributed by atoms with van der Waals surface area (Å²) in [7, 11) is 0. The molecule has 0 spiro atoms. The monoisotopic (exact) mass is 490 g/mol. The maximum atomic E-state index is 12.2. The van der Waals surface area contributed by atoms with Crippen molar-refractivity contribution in [3.05, 3.63) is 0 Å². The van der Waals surface area contributed by atoms with Crippen LogP contribution in [-0.2, 0) is 19.1 Å². The molecule has 34 heavy (non-hydrogen) atoms. The third kappa shape index (κ3) is 8.95. The number of hydrogen-bond acceptors (Lipinski definition) is 10. The van der Waals surface area contributed by atoms with Crippen LogP contribution in [-0.4, -0.2) is 91.9 Å². The van der Waals surface area contributed by atoms with E-state index in [4.69, 9.17) is 10.5 Å². The van der Waals surface area contributed by atoms with E-state index in [1.807, 2.05) is 0 Å². The minimum absolute atomic E-state index is 0.0184. The standard InChI is InChI=1S/C23H42N2O9/c1-13(15(3)27)11-17(28)14(2)25-22(32)16(24)9-7-5-4-6-8-10-23(33)21(31)20(30)19(29)18(12-26)34-23/h13-14,16,18-21,26,29-31,33H,4-12,24H2,1-3H3,(H,25,32)/t13-,14+,16+,18-,19+,20+,21-,23+/m1/s1. The summed E-state index contributed by atoms with van der Waals surface area (Å²) in [6, 6.07) is -1.47. The van der Waals surface area contributed by atoms with Gasteiger partial charge in [0.2, 0.25) is 5.91 Å². The molecule has 0 bridgehead atoms. The van der Waals surface area contributed by atoms with Crippen LogP contribution in [0, 0.1) is 5.92 Å². The Labute approximate surface area is 200 Å². The highest BCUT2D eigenvalue weighted by molar-refractivity contribution is 5.93. The maximum absolute atomic E-state index is 12.2. The Morgan fingerprint density at radius 3 is 2.21 bits per heavy atom. The molecule has 11 nitrogen and oxygen atoms in total. The molecule has 0 aromatic carbocycles. The molecule has 0 aliphatic carbocycles. The molecule has 1 amide bonds. The number of carbonyl (C=O) groups is 3. The van der Waals surface area contributed by atoms with Gasteiger partial charge in [-0.3, -0.25) is 14.4 Å². The number of hydrogen-bond donors (Lipinski definition) is 7. The Hall–Kier alpha value is -1.47. The van der Waals surface area contributed by atoms with Crippen LogP contribution in [0.5, 0.6) is 0 Å². The largest absolute Gasteiger partial charge is 0.394 e. The van der Waals surface area contributed by atoms with E-state index in [0.717, 1.165) is 12.8 Å². The van der Waals surface area contributed by atoms with Crippen LogP contribution < -0.4 is 11.1 Å². The van der Waals surface area contributed by atoms with Crippen LogP contribution >= 0.6 is 0 Å². The molecule has 0 radical (unpaired) electrons. The van der Waals surface area contributed by atoms with Gasteiger partial charge in [-0.15, -0.1) is 0 Å².